The molecule has 0 atom stereocenters. The fourth-order valence-corrected chi connectivity index (χ4v) is 1.25. The Morgan fingerprint density at radius 3 is 2.00 bits per heavy atom. The lowest BCUT2D eigenvalue weighted by Crippen LogP contribution is -2.31. The van der Waals surface area contributed by atoms with Gasteiger partial charge in [-0.3, -0.25) is 0 Å². The van der Waals surface area contributed by atoms with E-state index in [1.54, 1.807) is 5.12 Å². The summed E-state index contributed by atoms with van der Waals surface area (Å²) in [6.07, 6.45) is 0. The minimum Gasteiger partial charge on any atom is -0.302 e. The van der Waals surface area contributed by atoms with Crippen molar-refractivity contribution in [1.82, 2.24) is 10.0 Å². The third kappa shape index (κ3) is 6.41. The molecule has 0 N–H and O–H groups in total. The van der Waals surface area contributed by atoms with Crippen LogP contribution in [0.15, 0.2) is 10.2 Å². The molecule has 17 heavy (non-hydrogen) atoms. The summed E-state index contributed by atoms with van der Waals surface area (Å²) in [5.41, 5.74) is 1.16. The summed E-state index contributed by atoms with van der Waals surface area (Å²) in [4.78, 5) is 2.35. The molecule has 0 heterocycles. The van der Waals surface area contributed by atoms with Crippen molar-refractivity contribution in [2.75, 3.05) is 26.2 Å². The summed E-state index contributed by atoms with van der Waals surface area (Å²) in [5, 5.41) is 10.1. The highest BCUT2D eigenvalue weighted by Gasteiger charge is 2.15. The first-order valence-electron chi connectivity index (χ1n) is 6.37. The Hall–Kier alpha value is -0.900. The van der Waals surface area contributed by atoms with Crippen molar-refractivity contribution in [2.45, 2.75) is 41.5 Å². The van der Waals surface area contributed by atoms with Gasteiger partial charge < -0.3 is 4.90 Å². The standard InChI is InChI=1S/C13H28N4/c1-8-16(9-2)10-11-17(14-7)15-12(3)13(4,5)6/h7-11H2,1-6H3/b15-12+. The summed E-state index contributed by atoms with van der Waals surface area (Å²) in [7, 11) is 0. The predicted octanol–water partition coefficient (Wildman–Crippen LogP) is 2.67. The molecule has 4 heteroatoms. The van der Waals surface area contributed by atoms with Gasteiger partial charge in [0.2, 0.25) is 0 Å². The second kappa shape index (κ2) is 7.43. The zero-order valence-electron chi connectivity index (χ0n) is 12.3. The third-order valence-electron chi connectivity index (χ3n) is 3.02. The quantitative estimate of drug-likeness (QED) is 0.506. The van der Waals surface area contributed by atoms with E-state index in [0.717, 1.165) is 31.9 Å². The maximum Gasteiger partial charge on any atom is 0.0734 e. The first-order chi connectivity index (χ1) is 7.85. The van der Waals surface area contributed by atoms with Crippen molar-refractivity contribution in [2.24, 2.45) is 15.6 Å². The molecule has 0 radical (unpaired) electrons. The Morgan fingerprint density at radius 1 is 1.12 bits per heavy atom. The van der Waals surface area contributed by atoms with Gasteiger partial charge in [-0.15, -0.1) is 0 Å². The smallest absolute Gasteiger partial charge is 0.0734 e. The molecule has 0 aliphatic heterocycles. The van der Waals surface area contributed by atoms with Crippen LogP contribution in [0.3, 0.4) is 0 Å². The van der Waals surface area contributed by atoms with E-state index >= 15 is 0 Å². The van der Waals surface area contributed by atoms with Crippen molar-refractivity contribution in [1.29, 1.82) is 0 Å². The Kier molecular flexibility index (Phi) is 7.04. The molecule has 0 aliphatic carbocycles. The molecule has 100 valence electrons. The average molecular weight is 240 g/mol. The number of hydrogen-bond acceptors (Lipinski definition) is 4. The Morgan fingerprint density at radius 2 is 1.65 bits per heavy atom. The van der Waals surface area contributed by atoms with E-state index in [1.807, 2.05) is 6.92 Å². The van der Waals surface area contributed by atoms with Gasteiger partial charge in [-0.05, 0) is 20.0 Å². The minimum atomic E-state index is 0.0815. The minimum absolute atomic E-state index is 0.0815. The van der Waals surface area contributed by atoms with E-state index in [4.69, 9.17) is 0 Å². The fraction of sp³-hybridized carbons (Fsp3) is 0.846. The van der Waals surface area contributed by atoms with Gasteiger partial charge in [-0.1, -0.05) is 34.6 Å². The molecule has 0 aromatic heterocycles. The molecule has 0 aromatic carbocycles. The van der Waals surface area contributed by atoms with Crippen LogP contribution in [0.25, 0.3) is 0 Å². The van der Waals surface area contributed by atoms with Crippen LogP contribution in [0.5, 0.6) is 0 Å². The zero-order chi connectivity index (χ0) is 13.5. The number of rotatable bonds is 7. The molecule has 0 saturated heterocycles. The fourth-order valence-electron chi connectivity index (χ4n) is 1.25. The second-order valence-corrected chi connectivity index (χ2v) is 5.20. The van der Waals surface area contributed by atoms with Gasteiger partial charge in [0.1, 0.15) is 0 Å². The highest BCUT2D eigenvalue weighted by Crippen LogP contribution is 2.16. The molecule has 4 nitrogen and oxygen atoms in total. The lowest BCUT2D eigenvalue weighted by molar-refractivity contribution is 0.225. The van der Waals surface area contributed by atoms with E-state index in [1.165, 1.54) is 0 Å². The van der Waals surface area contributed by atoms with Gasteiger partial charge in [0.05, 0.1) is 6.54 Å². The van der Waals surface area contributed by atoms with E-state index < -0.39 is 0 Å². The van der Waals surface area contributed by atoms with Crippen molar-refractivity contribution in [3.05, 3.63) is 0 Å². The number of nitrogens with zero attached hydrogens (tertiary/aromatic N) is 4. The van der Waals surface area contributed by atoms with E-state index in [-0.39, 0.29) is 5.41 Å². The van der Waals surface area contributed by atoms with Crippen LogP contribution < -0.4 is 0 Å². The molecule has 0 spiro atoms. The third-order valence-corrected chi connectivity index (χ3v) is 3.02. The van der Waals surface area contributed by atoms with Crippen molar-refractivity contribution < 1.29 is 0 Å². The normalized spacial score (nSPS) is 13.0. The average Bonchev–Trinajstić information content (AvgIpc) is 2.27. The van der Waals surface area contributed by atoms with E-state index in [9.17, 15) is 0 Å². The van der Waals surface area contributed by atoms with Gasteiger partial charge in [0, 0.05) is 24.4 Å². The van der Waals surface area contributed by atoms with Crippen LogP contribution in [0, 0.1) is 5.41 Å². The second-order valence-electron chi connectivity index (χ2n) is 5.20. The van der Waals surface area contributed by atoms with Gasteiger partial charge in [0.25, 0.3) is 0 Å². The first-order valence-corrected chi connectivity index (χ1v) is 6.37. The topological polar surface area (TPSA) is 31.2 Å². The molecule has 0 bridgehead atoms. The van der Waals surface area contributed by atoms with Gasteiger partial charge in [-0.25, -0.2) is 0 Å². The number of hydrogen-bond donors (Lipinski definition) is 0. The summed E-state index contributed by atoms with van der Waals surface area (Å²) < 4.78 is 0. The molecule has 0 aromatic rings. The largest absolute Gasteiger partial charge is 0.302 e. The number of hydrazone groups is 2. The highest BCUT2D eigenvalue weighted by molar-refractivity contribution is 5.86. The Balaban J connectivity index is 4.40. The molecule has 0 rings (SSSR count). The monoisotopic (exact) mass is 240 g/mol. The maximum absolute atomic E-state index is 4.50. The molecule has 0 saturated carbocycles. The summed E-state index contributed by atoms with van der Waals surface area (Å²) in [6, 6.07) is 0. The molecule has 0 amide bonds. The van der Waals surface area contributed by atoms with Gasteiger partial charge in [-0.2, -0.15) is 15.3 Å². The van der Waals surface area contributed by atoms with E-state index in [0.29, 0.717) is 0 Å². The highest BCUT2D eigenvalue weighted by atomic mass is 15.7. The Bertz CT molecular complexity index is 249. The molecule has 0 unspecified atom stereocenters. The molecule has 0 aliphatic rings. The summed E-state index contributed by atoms with van der Waals surface area (Å²) in [6.45, 7) is 20.3. The van der Waals surface area contributed by atoms with Crippen LogP contribution in [0.4, 0.5) is 0 Å². The Labute approximate surface area is 106 Å². The maximum atomic E-state index is 4.50. The van der Waals surface area contributed by atoms with Crippen molar-refractivity contribution in [3.63, 3.8) is 0 Å². The zero-order valence-corrected chi connectivity index (χ0v) is 12.3. The van der Waals surface area contributed by atoms with Gasteiger partial charge >= 0.3 is 0 Å². The first kappa shape index (κ1) is 16.1. The van der Waals surface area contributed by atoms with Crippen molar-refractivity contribution >= 4 is 12.4 Å². The van der Waals surface area contributed by atoms with Crippen LogP contribution in [-0.2, 0) is 0 Å². The molecule has 0 fully saturated rings. The SMILES string of the molecule is C=NN(CCN(CC)CC)/N=C(\C)C(C)(C)C. The summed E-state index contributed by atoms with van der Waals surface area (Å²) >= 11 is 0. The number of likely N-dealkylation sites (N-methyl/N-ethyl adjacent to an activating group) is 1. The van der Waals surface area contributed by atoms with Gasteiger partial charge in [0.15, 0.2) is 0 Å². The van der Waals surface area contributed by atoms with E-state index in [2.05, 4.69) is 56.4 Å². The lowest BCUT2D eigenvalue weighted by atomic mass is 9.91. The van der Waals surface area contributed by atoms with Crippen molar-refractivity contribution in [3.8, 4) is 0 Å². The molecular weight excluding hydrogens is 212 g/mol. The molecular formula is C13H28N4. The lowest BCUT2D eigenvalue weighted by Gasteiger charge is -2.24. The van der Waals surface area contributed by atoms with Crippen LogP contribution >= 0.6 is 0 Å². The van der Waals surface area contributed by atoms with Crippen LogP contribution in [-0.4, -0.2) is 48.6 Å². The van der Waals surface area contributed by atoms with Crippen LogP contribution in [0.1, 0.15) is 41.5 Å². The predicted molar refractivity (Wildman–Crippen MR) is 76.6 cm³/mol. The summed E-state index contributed by atoms with van der Waals surface area (Å²) in [5.74, 6) is 0. The van der Waals surface area contributed by atoms with Crippen LogP contribution in [0.2, 0.25) is 0 Å².